The Kier molecular flexibility index (Phi) is 5.90. The maximum Gasteiger partial charge on any atom is 0.274 e. The minimum atomic E-state index is -3.81. The normalized spacial score (nSPS) is 21.6. The zero-order valence-corrected chi connectivity index (χ0v) is 21.1. The first kappa shape index (κ1) is 24.7. The van der Waals surface area contributed by atoms with Gasteiger partial charge in [-0.1, -0.05) is 18.2 Å². The summed E-state index contributed by atoms with van der Waals surface area (Å²) in [4.78, 5) is 23.2. The van der Waals surface area contributed by atoms with Crippen LogP contribution >= 0.6 is 0 Å². The minimum absolute atomic E-state index is 0.0219. The molecule has 2 aliphatic rings. The molecule has 3 heterocycles. The van der Waals surface area contributed by atoms with Gasteiger partial charge < -0.3 is 20.7 Å². The number of methoxy groups -OCH3 is 1. The molecule has 0 radical (unpaired) electrons. The molecule has 0 aliphatic carbocycles. The zero-order valence-electron chi connectivity index (χ0n) is 20.3. The van der Waals surface area contributed by atoms with E-state index in [-0.39, 0.29) is 35.9 Å². The fraction of sp³-hybridized carbons (Fsp3) is 0.269. The van der Waals surface area contributed by atoms with Crippen molar-refractivity contribution in [3.05, 3.63) is 83.9 Å². The summed E-state index contributed by atoms with van der Waals surface area (Å²) in [6.07, 6.45) is 1.41. The average Bonchev–Trinajstić information content (AvgIpc) is 2.84. The standard InChI is InChI=1S/C26H26FN5O4S/c1-25(16-37(34,35)26(24(28)31-25)14-32(15-26)18-6-4-3-5-7-18)20-12-17(8-10-21(20)27)30-23(33)22-11-9-19(36-2)13-29-22/h3-13H,14-16H2,1-2H3,(H2,28,31)(H,30,33)/t25-/m0/s1. The number of benzene rings is 2. The molecule has 1 aromatic heterocycles. The monoisotopic (exact) mass is 523 g/mol. The summed E-state index contributed by atoms with van der Waals surface area (Å²) in [7, 11) is -2.32. The molecule has 5 rings (SSSR count). The van der Waals surface area contributed by atoms with Crippen LogP contribution in [-0.4, -0.2) is 55.8 Å². The Hall–Kier alpha value is -3.99. The van der Waals surface area contributed by atoms with Crippen LogP contribution in [0, 0.1) is 5.82 Å². The summed E-state index contributed by atoms with van der Waals surface area (Å²) in [5, 5.41) is 2.67. The number of aromatic nitrogens is 1. The van der Waals surface area contributed by atoms with Crippen LogP contribution in [0.5, 0.6) is 5.75 Å². The number of ether oxygens (including phenoxy) is 1. The highest BCUT2D eigenvalue weighted by molar-refractivity contribution is 7.93. The van der Waals surface area contributed by atoms with Gasteiger partial charge in [-0.15, -0.1) is 0 Å². The quantitative estimate of drug-likeness (QED) is 0.526. The number of sulfone groups is 1. The van der Waals surface area contributed by atoms with Gasteiger partial charge in [0.1, 0.15) is 28.6 Å². The first-order valence-corrected chi connectivity index (χ1v) is 13.2. The fourth-order valence-corrected chi connectivity index (χ4v) is 7.11. The van der Waals surface area contributed by atoms with E-state index in [9.17, 15) is 13.2 Å². The number of amidine groups is 1. The SMILES string of the molecule is COc1ccc(C(=O)Nc2ccc(F)c([C@]3(C)CS(=O)(=O)C4(CN(c5ccccc5)C4)C(N)=N3)c2)nc1. The van der Waals surface area contributed by atoms with Crippen LogP contribution in [0.15, 0.2) is 71.9 Å². The minimum Gasteiger partial charge on any atom is -0.495 e. The van der Waals surface area contributed by atoms with E-state index >= 15 is 4.39 Å². The van der Waals surface area contributed by atoms with Crippen LogP contribution in [-0.2, 0) is 15.4 Å². The van der Waals surface area contributed by atoms with Crippen LogP contribution in [0.4, 0.5) is 15.8 Å². The highest BCUT2D eigenvalue weighted by Gasteiger charge is 2.61. The molecule has 0 bridgehead atoms. The first-order chi connectivity index (χ1) is 17.6. The number of para-hydroxylation sites is 1. The highest BCUT2D eigenvalue weighted by Crippen LogP contribution is 2.43. The van der Waals surface area contributed by atoms with Crippen molar-refractivity contribution >= 4 is 33.0 Å². The lowest BCUT2D eigenvalue weighted by atomic mass is 9.90. The van der Waals surface area contributed by atoms with Gasteiger partial charge >= 0.3 is 0 Å². The average molecular weight is 524 g/mol. The molecule has 2 aromatic carbocycles. The lowest BCUT2D eigenvalue weighted by molar-refractivity contribution is 0.102. The molecule has 192 valence electrons. The second-order valence-corrected chi connectivity index (χ2v) is 11.7. The Morgan fingerprint density at radius 1 is 1.14 bits per heavy atom. The molecular weight excluding hydrogens is 497 g/mol. The molecular formula is C26H26FN5O4S. The summed E-state index contributed by atoms with van der Waals surface area (Å²) in [6.45, 7) is 1.89. The summed E-state index contributed by atoms with van der Waals surface area (Å²) in [5.41, 5.74) is 6.16. The number of nitrogens with two attached hydrogens (primary N) is 1. The largest absolute Gasteiger partial charge is 0.495 e. The van der Waals surface area contributed by atoms with Gasteiger partial charge in [0.25, 0.3) is 5.91 Å². The molecule has 3 N–H and O–H groups in total. The number of hydrogen-bond acceptors (Lipinski definition) is 8. The second kappa shape index (κ2) is 8.84. The summed E-state index contributed by atoms with van der Waals surface area (Å²) >= 11 is 0. The van der Waals surface area contributed by atoms with E-state index in [0.717, 1.165) is 5.69 Å². The Morgan fingerprint density at radius 2 is 1.86 bits per heavy atom. The molecule has 1 amide bonds. The van der Waals surface area contributed by atoms with Gasteiger partial charge in [-0.3, -0.25) is 9.79 Å². The van der Waals surface area contributed by atoms with E-state index in [1.165, 1.54) is 44.5 Å². The number of nitrogens with one attached hydrogen (secondary N) is 1. The number of nitrogens with zero attached hydrogens (tertiary/aromatic N) is 3. The van der Waals surface area contributed by atoms with Crippen LogP contribution in [0.3, 0.4) is 0 Å². The number of amides is 1. The fourth-order valence-electron chi connectivity index (χ4n) is 4.80. The van der Waals surface area contributed by atoms with E-state index in [2.05, 4.69) is 15.3 Å². The van der Waals surface area contributed by atoms with E-state index in [1.807, 2.05) is 35.2 Å². The number of pyridine rings is 1. The van der Waals surface area contributed by atoms with E-state index in [4.69, 9.17) is 10.5 Å². The third-order valence-corrected chi connectivity index (χ3v) is 9.52. The predicted octanol–water partition coefficient (Wildman–Crippen LogP) is 2.74. The van der Waals surface area contributed by atoms with Crippen molar-refractivity contribution in [2.45, 2.75) is 17.2 Å². The van der Waals surface area contributed by atoms with Crippen LogP contribution < -0.4 is 20.7 Å². The molecule has 1 fully saturated rings. The summed E-state index contributed by atoms with van der Waals surface area (Å²) < 4.78 is 45.9. The van der Waals surface area contributed by atoms with E-state index in [1.54, 1.807) is 6.07 Å². The molecule has 37 heavy (non-hydrogen) atoms. The smallest absolute Gasteiger partial charge is 0.274 e. The highest BCUT2D eigenvalue weighted by atomic mass is 32.2. The van der Waals surface area contributed by atoms with E-state index < -0.39 is 37.6 Å². The van der Waals surface area contributed by atoms with Gasteiger partial charge in [0.2, 0.25) is 0 Å². The predicted molar refractivity (Wildman–Crippen MR) is 139 cm³/mol. The number of carbonyl (C=O) groups excluding carboxylic acids is 1. The number of hydrogen-bond donors (Lipinski definition) is 2. The van der Waals surface area contributed by atoms with Crippen molar-refractivity contribution < 1.29 is 22.3 Å². The van der Waals surface area contributed by atoms with Crippen LogP contribution in [0.2, 0.25) is 0 Å². The van der Waals surface area contributed by atoms with Gasteiger partial charge in [0, 0.05) is 30.0 Å². The van der Waals surface area contributed by atoms with E-state index in [0.29, 0.717) is 5.75 Å². The third-order valence-electron chi connectivity index (χ3n) is 6.92. The second-order valence-electron chi connectivity index (χ2n) is 9.45. The molecule has 1 spiro atoms. The summed E-state index contributed by atoms with van der Waals surface area (Å²) in [6, 6.07) is 16.5. The van der Waals surface area contributed by atoms with Crippen molar-refractivity contribution in [2.24, 2.45) is 10.7 Å². The van der Waals surface area contributed by atoms with Gasteiger partial charge in [0.05, 0.1) is 19.1 Å². The Balaban J connectivity index is 1.42. The lowest BCUT2D eigenvalue weighted by Crippen LogP contribution is -2.74. The van der Waals surface area contributed by atoms with Gasteiger partial charge in [0.15, 0.2) is 14.6 Å². The number of aliphatic imine (C=N–C) groups is 1. The number of carbonyl (C=O) groups is 1. The maximum absolute atomic E-state index is 15.0. The molecule has 1 atom stereocenters. The molecule has 2 aliphatic heterocycles. The Labute approximate surface area is 214 Å². The molecule has 0 saturated carbocycles. The van der Waals surface area contributed by atoms with Crippen molar-refractivity contribution in [1.29, 1.82) is 0 Å². The Bertz CT molecular complexity index is 1490. The third kappa shape index (κ3) is 4.18. The number of rotatable bonds is 5. The zero-order chi connectivity index (χ0) is 26.4. The Morgan fingerprint density at radius 3 is 2.49 bits per heavy atom. The maximum atomic E-state index is 15.0. The lowest BCUT2D eigenvalue weighted by Gasteiger charge is -2.53. The van der Waals surface area contributed by atoms with Crippen molar-refractivity contribution in [1.82, 2.24) is 4.98 Å². The molecule has 11 heteroatoms. The van der Waals surface area contributed by atoms with Gasteiger partial charge in [-0.25, -0.2) is 17.8 Å². The van der Waals surface area contributed by atoms with Crippen molar-refractivity contribution in [3.8, 4) is 5.75 Å². The van der Waals surface area contributed by atoms with Gasteiger partial charge in [-0.2, -0.15) is 0 Å². The molecule has 1 saturated heterocycles. The molecule has 9 nitrogen and oxygen atoms in total. The number of halogens is 1. The van der Waals surface area contributed by atoms with Crippen LogP contribution in [0.25, 0.3) is 0 Å². The van der Waals surface area contributed by atoms with Crippen molar-refractivity contribution in [2.75, 3.05) is 36.2 Å². The molecule has 3 aromatic rings. The summed E-state index contributed by atoms with van der Waals surface area (Å²) in [5.74, 6) is -1.12. The van der Waals surface area contributed by atoms with Gasteiger partial charge in [-0.05, 0) is 49.4 Å². The van der Waals surface area contributed by atoms with Crippen LogP contribution in [0.1, 0.15) is 23.0 Å². The topological polar surface area (TPSA) is 127 Å². The molecule has 0 unspecified atom stereocenters. The van der Waals surface area contributed by atoms with Crippen molar-refractivity contribution in [3.63, 3.8) is 0 Å². The number of anilines is 2. The first-order valence-electron chi connectivity index (χ1n) is 11.6.